The Morgan fingerprint density at radius 2 is 1.68 bits per heavy atom. The van der Waals surface area contributed by atoms with Crippen LogP contribution in [0.3, 0.4) is 0 Å². The quantitative estimate of drug-likeness (QED) is 0.206. The monoisotopic (exact) mass is 415 g/mol. The number of carbonyl (C=O) groups is 1. The van der Waals surface area contributed by atoms with Crippen LogP contribution in [0.5, 0.6) is 0 Å². The van der Waals surface area contributed by atoms with Crippen molar-refractivity contribution in [3.05, 3.63) is 0 Å². The fourth-order valence-corrected chi connectivity index (χ4v) is 6.91. The SMILES string of the molecule is CCCCCCCCCCCC(=O)OC1([SiH](CCCN)OCC)CCCCO1. The van der Waals surface area contributed by atoms with Crippen molar-refractivity contribution in [2.45, 2.75) is 115 Å². The highest BCUT2D eigenvalue weighted by atomic mass is 28.3. The lowest BCUT2D eigenvalue weighted by Crippen LogP contribution is -2.55. The standard InChI is InChI=1S/C22H45NO4Si/c1-3-5-6-7-8-9-10-11-12-16-21(24)27-22(17-13-14-19-25-22)28(26-4-2)20-15-18-23/h28H,3-20,23H2,1-2H3. The zero-order chi connectivity index (χ0) is 20.5. The van der Waals surface area contributed by atoms with Crippen LogP contribution in [-0.2, 0) is 18.7 Å². The van der Waals surface area contributed by atoms with E-state index in [1.165, 1.54) is 44.9 Å². The molecule has 1 aliphatic heterocycles. The van der Waals surface area contributed by atoms with Crippen molar-refractivity contribution in [2.24, 2.45) is 5.73 Å². The molecular weight excluding hydrogens is 370 g/mol. The molecule has 0 aromatic rings. The summed E-state index contributed by atoms with van der Waals surface area (Å²) >= 11 is 0. The van der Waals surface area contributed by atoms with E-state index in [1.54, 1.807) is 0 Å². The lowest BCUT2D eigenvalue weighted by atomic mass is 10.1. The second-order valence-electron chi connectivity index (χ2n) is 8.04. The molecule has 6 heteroatoms. The number of carbonyl (C=O) groups excluding carboxylic acids is 1. The van der Waals surface area contributed by atoms with Gasteiger partial charge in [0, 0.05) is 19.4 Å². The normalized spacial score (nSPS) is 20.8. The van der Waals surface area contributed by atoms with Gasteiger partial charge in [0.05, 0.1) is 6.61 Å². The number of hydrogen-bond acceptors (Lipinski definition) is 5. The van der Waals surface area contributed by atoms with Gasteiger partial charge in [-0.05, 0) is 45.2 Å². The Labute approximate surface area is 174 Å². The van der Waals surface area contributed by atoms with Crippen LogP contribution in [0, 0.1) is 0 Å². The first-order valence-electron chi connectivity index (χ1n) is 11.9. The van der Waals surface area contributed by atoms with E-state index in [2.05, 4.69) is 6.92 Å². The highest BCUT2D eigenvalue weighted by Crippen LogP contribution is 2.32. The zero-order valence-corrected chi connectivity index (χ0v) is 19.7. The molecule has 0 bridgehead atoms. The van der Waals surface area contributed by atoms with Crippen LogP contribution in [0.2, 0.25) is 6.04 Å². The van der Waals surface area contributed by atoms with E-state index in [9.17, 15) is 4.79 Å². The summed E-state index contributed by atoms with van der Waals surface area (Å²) in [7, 11) is -1.84. The minimum atomic E-state index is -1.84. The predicted octanol–water partition coefficient (Wildman–Crippen LogP) is 5.00. The fraction of sp³-hybridized carbons (Fsp3) is 0.955. The molecule has 1 aliphatic rings. The lowest BCUT2D eigenvalue weighted by molar-refractivity contribution is -0.214. The van der Waals surface area contributed by atoms with Gasteiger partial charge in [-0.3, -0.25) is 4.79 Å². The first-order valence-corrected chi connectivity index (χ1v) is 13.7. The molecule has 2 unspecified atom stereocenters. The van der Waals surface area contributed by atoms with E-state index in [0.29, 0.717) is 26.2 Å². The van der Waals surface area contributed by atoms with Gasteiger partial charge in [-0.25, -0.2) is 0 Å². The van der Waals surface area contributed by atoms with Gasteiger partial charge in [0.25, 0.3) is 9.04 Å². The molecule has 2 N–H and O–H groups in total. The van der Waals surface area contributed by atoms with E-state index in [1.807, 2.05) is 6.92 Å². The van der Waals surface area contributed by atoms with Gasteiger partial charge < -0.3 is 19.6 Å². The molecule has 0 aromatic heterocycles. The van der Waals surface area contributed by atoms with Crippen LogP contribution in [0.1, 0.15) is 104 Å². The Bertz CT molecular complexity index is 389. The van der Waals surface area contributed by atoms with E-state index in [-0.39, 0.29) is 5.97 Å². The smallest absolute Gasteiger partial charge is 0.308 e. The van der Waals surface area contributed by atoms with E-state index in [4.69, 9.17) is 19.6 Å². The second kappa shape index (κ2) is 16.4. The number of hydrogen-bond donors (Lipinski definition) is 1. The molecule has 0 aliphatic carbocycles. The van der Waals surface area contributed by atoms with Gasteiger partial charge >= 0.3 is 5.97 Å². The van der Waals surface area contributed by atoms with Gasteiger partial charge in [-0.15, -0.1) is 0 Å². The van der Waals surface area contributed by atoms with Gasteiger partial charge in [-0.2, -0.15) is 0 Å². The summed E-state index contributed by atoms with van der Waals surface area (Å²) in [5, 5.41) is 0. The second-order valence-corrected chi connectivity index (χ2v) is 10.8. The van der Waals surface area contributed by atoms with Crippen molar-refractivity contribution in [3.63, 3.8) is 0 Å². The maximum absolute atomic E-state index is 12.5. The molecule has 0 saturated carbocycles. The largest absolute Gasteiger partial charge is 0.434 e. The third-order valence-electron chi connectivity index (χ3n) is 5.57. The average molecular weight is 416 g/mol. The molecule has 28 heavy (non-hydrogen) atoms. The molecule has 5 nitrogen and oxygen atoms in total. The number of nitrogens with two attached hydrogens (primary N) is 1. The minimum absolute atomic E-state index is 0.116. The third-order valence-corrected chi connectivity index (χ3v) is 8.79. The molecule has 1 saturated heterocycles. The van der Waals surface area contributed by atoms with E-state index in [0.717, 1.165) is 44.6 Å². The number of rotatable bonds is 17. The van der Waals surface area contributed by atoms with Crippen LogP contribution in [0.4, 0.5) is 0 Å². The Kier molecular flexibility index (Phi) is 15.0. The van der Waals surface area contributed by atoms with Crippen molar-refractivity contribution >= 4 is 15.0 Å². The van der Waals surface area contributed by atoms with Crippen LogP contribution >= 0.6 is 0 Å². The highest BCUT2D eigenvalue weighted by molar-refractivity contribution is 6.55. The summed E-state index contributed by atoms with van der Waals surface area (Å²) in [5.41, 5.74) is 4.93. The Morgan fingerprint density at radius 1 is 1.00 bits per heavy atom. The van der Waals surface area contributed by atoms with Crippen molar-refractivity contribution in [3.8, 4) is 0 Å². The molecule has 2 atom stereocenters. The third kappa shape index (κ3) is 10.4. The van der Waals surface area contributed by atoms with Crippen molar-refractivity contribution in [1.29, 1.82) is 0 Å². The van der Waals surface area contributed by atoms with E-state index < -0.39 is 14.5 Å². The van der Waals surface area contributed by atoms with Gasteiger partial charge in [-0.1, -0.05) is 58.3 Å². The van der Waals surface area contributed by atoms with Crippen molar-refractivity contribution < 1.29 is 18.7 Å². The van der Waals surface area contributed by atoms with Crippen molar-refractivity contribution in [1.82, 2.24) is 0 Å². The molecule has 1 fully saturated rings. The van der Waals surface area contributed by atoms with Crippen LogP contribution in [-0.4, -0.2) is 40.2 Å². The maximum atomic E-state index is 12.5. The first kappa shape index (κ1) is 25.6. The molecule has 1 rings (SSSR count). The first-order chi connectivity index (χ1) is 13.7. The predicted molar refractivity (Wildman–Crippen MR) is 118 cm³/mol. The van der Waals surface area contributed by atoms with E-state index >= 15 is 0 Å². The van der Waals surface area contributed by atoms with Crippen LogP contribution in [0.15, 0.2) is 0 Å². The summed E-state index contributed by atoms with van der Waals surface area (Å²) in [6.07, 6.45) is 15.4. The maximum Gasteiger partial charge on any atom is 0.308 e. The Balaban J connectivity index is 2.36. The average Bonchev–Trinajstić information content (AvgIpc) is 2.70. The summed E-state index contributed by atoms with van der Waals surface area (Å²) in [6, 6.07) is 0.898. The lowest BCUT2D eigenvalue weighted by Gasteiger charge is -2.41. The van der Waals surface area contributed by atoms with Crippen LogP contribution < -0.4 is 5.73 Å². The van der Waals surface area contributed by atoms with Gasteiger partial charge in [0.15, 0.2) is 0 Å². The number of ether oxygens (including phenoxy) is 2. The van der Waals surface area contributed by atoms with Gasteiger partial charge in [0.2, 0.25) is 5.41 Å². The fourth-order valence-electron chi connectivity index (χ4n) is 3.95. The summed E-state index contributed by atoms with van der Waals surface area (Å²) in [5.74, 6) is -0.116. The molecule has 0 amide bonds. The van der Waals surface area contributed by atoms with Crippen LogP contribution in [0.25, 0.3) is 0 Å². The Morgan fingerprint density at radius 3 is 2.25 bits per heavy atom. The molecule has 0 radical (unpaired) electrons. The number of unbranched alkanes of at least 4 members (excludes halogenated alkanes) is 8. The minimum Gasteiger partial charge on any atom is -0.434 e. The highest BCUT2D eigenvalue weighted by Gasteiger charge is 2.47. The molecule has 0 aromatic carbocycles. The Hall–Kier alpha value is -0.433. The van der Waals surface area contributed by atoms with Gasteiger partial charge in [0.1, 0.15) is 0 Å². The summed E-state index contributed by atoms with van der Waals surface area (Å²) < 4.78 is 18.2. The number of esters is 1. The molecule has 1 heterocycles. The summed E-state index contributed by atoms with van der Waals surface area (Å²) in [4.78, 5) is 12.5. The topological polar surface area (TPSA) is 70.8 Å². The molecule has 166 valence electrons. The molecule has 0 spiro atoms. The molecular formula is C22H45NO4Si. The summed E-state index contributed by atoms with van der Waals surface area (Å²) in [6.45, 7) is 6.19. The van der Waals surface area contributed by atoms with Crippen molar-refractivity contribution in [2.75, 3.05) is 19.8 Å². The zero-order valence-electron chi connectivity index (χ0n) is 18.5.